The second-order valence-corrected chi connectivity index (χ2v) is 8.49. The molecule has 4 nitrogen and oxygen atoms in total. The summed E-state index contributed by atoms with van der Waals surface area (Å²) in [6.45, 7) is 0. The molecular weight excluding hydrogens is 404 g/mol. The second-order valence-electron chi connectivity index (χ2n) is 8.49. The van der Waals surface area contributed by atoms with Gasteiger partial charge in [-0.25, -0.2) is 15.0 Å². The van der Waals surface area contributed by atoms with E-state index in [9.17, 15) is 0 Å². The predicted molar refractivity (Wildman–Crippen MR) is 136 cm³/mol. The molecule has 0 amide bonds. The fourth-order valence-electron chi connectivity index (χ4n) is 5.34. The van der Waals surface area contributed by atoms with Crippen LogP contribution in [0.2, 0.25) is 0 Å². The highest BCUT2D eigenvalue weighted by Crippen LogP contribution is 2.36. The van der Waals surface area contributed by atoms with Crippen molar-refractivity contribution in [2.24, 2.45) is 0 Å². The average molecular weight is 420 g/mol. The van der Waals surface area contributed by atoms with Crippen molar-refractivity contribution in [1.29, 1.82) is 0 Å². The van der Waals surface area contributed by atoms with Crippen LogP contribution in [0.3, 0.4) is 0 Å². The van der Waals surface area contributed by atoms with Gasteiger partial charge in [0.15, 0.2) is 11.3 Å². The Balaban J connectivity index is 1.70. The molecule has 0 saturated carbocycles. The van der Waals surface area contributed by atoms with E-state index in [-0.39, 0.29) is 0 Å². The SMILES string of the molecule is c1ccc2c(c1)c1ccccc1c1nc3c(nc21)nc1c2ccccc2c2ccccc2n31. The molecule has 0 fully saturated rings. The number of pyridine rings is 1. The molecule has 0 saturated heterocycles. The molecule has 4 heteroatoms. The van der Waals surface area contributed by atoms with E-state index in [0.717, 1.165) is 44.0 Å². The number of para-hydroxylation sites is 1. The Kier molecular flexibility index (Phi) is 3.11. The van der Waals surface area contributed by atoms with Gasteiger partial charge < -0.3 is 0 Å². The molecule has 3 heterocycles. The molecule has 8 rings (SSSR count). The van der Waals surface area contributed by atoms with Gasteiger partial charge in [-0.2, -0.15) is 0 Å². The standard InChI is InChI=1S/C29H16N4/c1-4-13-21-17(9-1)18-10-2-5-14-22(18)26-25(21)30-27-29(31-26)33-24-16-8-7-12-20(24)19-11-3-6-15-23(19)28(33)32-27/h1-16H. The maximum atomic E-state index is 5.24. The predicted octanol–water partition coefficient (Wildman–Crippen LogP) is 7.04. The van der Waals surface area contributed by atoms with Gasteiger partial charge >= 0.3 is 0 Å². The summed E-state index contributed by atoms with van der Waals surface area (Å²) in [5.74, 6) is 0. The summed E-state index contributed by atoms with van der Waals surface area (Å²) in [6, 6.07) is 33.8. The number of rotatable bonds is 0. The number of nitrogens with zero attached hydrogens (tertiary/aromatic N) is 4. The first-order valence-corrected chi connectivity index (χ1v) is 11.1. The van der Waals surface area contributed by atoms with Crippen LogP contribution < -0.4 is 0 Å². The zero-order valence-corrected chi connectivity index (χ0v) is 17.5. The molecule has 0 aliphatic carbocycles. The van der Waals surface area contributed by atoms with Gasteiger partial charge in [0.05, 0.1) is 16.6 Å². The van der Waals surface area contributed by atoms with E-state index in [1.807, 2.05) is 0 Å². The Labute approximate surface area is 187 Å². The van der Waals surface area contributed by atoms with Crippen molar-refractivity contribution in [2.75, 3.05) is 0 Å². The molecular formula is C29H16N4. The highest BCUT2D eigenvalue weighted by atomic mass is 15.1. The molecule has 0 spiro atoms. The topological polar surface area (TPSA) is 43.1 Å². The van der Waals surface area contributed by atoms with Gasteiger partial charge in [-0.15, -0.1) is 0 Å². The lowest BCUT2D eigenvalue weighted by Crippen LogP contribution is -1.94. The van der Waals surface area contributed by atoms with Crippen molar-refractivity contribution >= 4 is 71.2 Å². The van der Waals surface area contributed by atoms with E-state index in [4.69, 9.17) is 15.0 Å². The summed E-state index contributed by atoms with van der Waals surface area (Å²) in [6.07, 6.45) is 0. The van der Waals surface area contributed by atoms with E-state index in [1.165, 1.54) is 21.5 Å². The van der Waals surface area contributed by atoms with E-state index in [0.29, 0.717) is 5.65 Å². The van der Waals surface area contributed by atoms with Gasteiger partial charge in [-0.1, -0.05) is 91.0 Å². The Morgan fingerprint density at radius 3 is 1.55 bits per heavy atom. The van der Waals surface area contributed by atoms with Gasteiger partial charge in [-0.3, -0.25) is 4.40 Å². The first kappa shape index (κ1) is 17.0. The van der Waals surface area contributed by atoms with E-state index >= 15 is 0 Å². The summed E-state index contributed by atoms with van der Waals surface area (Å²) < 4.78 is 2.17. The first-order chi connectivity index (χ1) is 16.4. The lowest BCUT2D eigenvalue weighted by Gasteiger charge is -2.10. The molecule has 3 aromatic heterocycles. The first-order valence-electron chi connectivity index (χ1n) is 11.1. The zero-order chi connectivity index (χ0) is 21.5. The Morgan fingerprint density at radius 2 is 0.879 bits per heavy atom. The minimum Gasteiger partial charge on any atom is -0.275 e. The molecule has 8 aromatic rings. The minimum atomic E-state index is 0.671. The number of aromatic nitrogens is 4. The molecule has 0 unspecified atom stereocenters. The van der Waals surface area contributed by atoms with Gasteiger partial charge in [0, 0.05) is 21.5 Å². The van der Waals surface area contributed by atoms with Gasteiger partial charge in [0.25, 0.3) is 0 Å². The fourth-order valence-corrected chi connectivity index (χ4v) is 5.34. The van der Waals surface area contributed by atoms with E-state index in [2.05, 4.69) is 101 Å². The van der Waals surface area contributed by atoms with Crippen molar-refractivity contribution in [3.05, 3.63) is 97.1 Å². The second kappa shape index (κ2) is 6.02. The third-order valence-electron chi connectivity index (χ3n) is 6.75. The average Bonchev–Trinajstić information content (AvgIpc) is 3.27. The van der Waals surface area contributed by atoms with Crippen LogP contribution >= 0.6 is 0 Å². The van der Waals surface area contributed by atoms with Crippen molar-refractivity contribution in [2.45, 2.75) is 0 Å². The van der Waals surface area contributed by atoms with Crippen molar-refractivity contribution in [1.82, 2.24) is 19.4 Å². The van der Waals surface area contributed by atoms with Crippen molar-refractivity contribution < 1.29 is 0 Å². The molecule has 0 aliphatic rings. The summed E-state index contributed by atoms with van der Waals surface area (Å²) >= 11 is 0. The summed E-state index contributed by atoms with van der Waals surface area (Å²) in [7, 11) is 0. The Morgan fingerprint density at radius 1 is 0.394 bits per heavy atom. The van der Waals surface area contributed by atoms with Crippen LogP contribution in [0, 0.1) is 0 Å². The number of imidazole rings is 1. The summed E-state index contributed by atoms with van der Waals surface area (Å²) in [5, 5.41) is 8.08. The quantitative estimate of drug-likeness (QED) is 0.247. The lowest BCUT2D eigenvalue weighted by molar-refractivity contribution is 1.27. The highest BCUT2D eigenvalue weighted by Gasteiger charge is 2.18. The number of hydrogen-bond donors (Lipinski definition) is 0. The van der Waals surface area contributed by atoms with Crippen LogP contribution in [-0.4, -0.2) is 19.4 Å². The summed E-state index contributed by atoms with van der Waals surface area (Å²) in [4.78, 5) is 15.4. The van der Waals surface area contributed by atoms with Crippen LogP contribution in [0.15, 0.2) is 97.1 Å². The molecule has 152 valence electrons. The molecule has 0 radical (unpaired) electrons. The van der Waals surface area contributed by atoms with Crippen LogP contribution in [-0.2, 0) is 0 Å². The van der Waals surface area contributed by atoms with Crippen LogP contribution in [0.4, 0.5) is 0 Å². The smallest absolute Gasteiger partial charge is 0.199 e. The number of fused-ring (bicyclic) bond motifs is 14. The van der Waals surface area contributed by atoms with Crippen molar-refractivity contribution in [3.63, 3.8) is 0 Å². The van der Waals surface area contributed by atoms with Gasteiger partial charge in [0.2, 0.25) is 0 Å². The molecule has 33 heavy (non-hydrogen) atoms. The Bertz CT molecular complexity index is 2040. The highest BCUT2D eigenvalue weighted by molar-refractivity contribution is 6.24. The fraction of sp³-hybridized carbons (Fsp3) is 0. The monoisotopic (exact) mass is 420 g/mol. The maximum Gasteiger partial charge on any atom is 0.199 e. The zero-order valence-electron chi connectivity index (χ0n) is 17.5. The number of hydrogen-bond acceptors (Lipinski definition) is 3. The lowest BCUT2D eigenvalue weighted by atomic mass is 10.00. The van der Waals surface area contributed by atoms with Crippen molar-refractivity contribution in [3.8, 4) is 0 Å². The largest absolute Gasteiger partial charge is 0.275 e. The summed E-state index contributed by atoms with van der Waals surface area (Å²) in [5.41, 5.74) is 5.25. The minimum absolute atomic E-state index is 0.671. The van der Waals surface area contributed by atoms with Gasteiger partial charge in [-0.05, 0) is 22.2 Å². The normalized spacial score (nSPS) is 12.2. The van der Waals surface area contributed by atoms with Gasteiger partial charge in [0.1, 0.15) is 5.65 Å². The van der Waals surface area contributed by atoms with Crippen LogP contribution in [0.25, 0.3) is 71.2 Å². The van der Waals surface area contributed by atoms with Crippen LogP contribution in [0.1, 0.15) is 0 Å². The molecule has 0 atom stereocenters. The van der Waals surface area contributed by atoms with E-state index in [1.54, 1.807) is 0 Å². The maximum absolute atomic E-state index is 5.24. The molecule has 0 aliphatic heterocycles. The third-order valence-corrected chi connectivity index (χ3v) is 6.75. The molecule has 0 bridgehead atoms. The van der Waals surface area contributed by atoms with E-state index < -0.39 is 0 Å². The molecule has 5 aromatic carbocycles. The number of benzene rings is 5. The third kappa shape index (κ3) is 2.12. The van der Waals surface area contributed by atoms with Crippen LogP contribution in [0.5, 0.6) is 0 Å². The molecule has 0 N–H and O–H groups in total. The Hall–Kier alpha value is -4.57.